The van der Waals surface area contributed by atoms with Crippen LogP contribution in [-0.4, -0.2) is 22.0 Å². The van der Waals surface area contributed by atoms with Gasteiger partial charge in [0, 0.05) is 16.1 Å². The van der Waals surface area contributed by atoms with Crippen LogP contribution in [0.15, 0.2) is 39.3 Å². The molecule has 114 valence electrons. The van der Waals surface area contributed by atoms with E-state index in [1.165, 1.54) is 0 Å². The number of carbonyl (C=O) groups is 2. The molecule has 7 heteroatoms. The van der Waals surface area contributed by atoms with Gasteiger partial charge in [0.25, 0.3) is 5.91 Å². The Hall–Kier alpha value is -2.15. The molecule has 3 rings (SSSR count). The van der Waals surface area contributed by atoms with Crippen LogP contribution in [-0.2, 0) is 16.9 Å². The molecule has 1 aliphatic rings. The minimum atomic E-state index is -1.10. The van der Waals surface area contributed by atoms with Crippen molar-refractivity contribution in [3.8, 4) is 0 Å². The quantitative estimate of drug-likeness (QED) is 0.850. The van der Waals surface area contributed by atoms with E-state index in [0.29, 0.717) is 17.0 Å². The number of amides is 3. The molecule has 22 heavy (non-hydrogen) atoms. The molecule has 0 radical (unpaired) electrons. The summed E-state index contributed by atoms with van der Waals surface area (Å²) in [5.41, 5.74) is 0.153. The Morgan fingerprint density at radius 3 is 2.73 bits per heavy atom. The molecule has 1 N–H and O–H groups in total. The first-order valence-corrected chi connectivity index (χ1v) is 7.52. The Bertz CT molecular complexity index is 758. The summed E-state index contributed by atoms with van der Waals surface area (Å²) in [5, 5.41) is 6.59. The SMILES string of the molecule is Cc1cc(CN2C(=O)NC(C)(c3ccccc3Br)C2=O)no1. The number of imide groups is 1. The van der Waals surface area contributed by atoms with Gasteiger partial charge < -0.3 is 9.84 Å². The van der Waals surface area contributed by atoms with E-state index in [9.17, 15) is 9.59 Å². The molecule has 1 aromatic carbocycles. The average Bonchev–Trinajstić information content (AvgIpc) is 2.97. The van der Waals surface area contributed by atoms with Crippen molar-refractivity contribution in [1.82, 2.24) is 15.4 Å². The minimum absolute atomic E-state index is 0.0854. The molecule has 0 spiro atoms. The molecule has 1 unspecified atom stereocenters. The fourth-order valence-corrected chi connectivity index (χ4v) is 3.23. The number of hydrogen-bond donors (Lipinski definition) is 1. The van der Waals surface area contributed by atoms with Crippen LogP contribution in [0.5, 0.6) is 0 Å². The number of benzene rings is 1. The van der Waals surface area contributed by atoms with Gasteiger partial charge >= 0.3 is 6.03 Å². The van der Waals surface area contributed by atoms with E-state index in [1.807, 2.05) is 24.3 Å². The summed E-state index contributed by atoms with van der Waals surface area (Å²) in [6.45, 7) is 3.54. The zero-order chi connectivity index (χ0) is 15.9. The summed E-state index contributed by atoms with van der Waals surface area (Å²) in [6, 6.07) is 8.59. The maximum Gasteiger partial charge on any atom is 0.325 e. The summed E-state index contributed by atoms with van der Waals surface area (Å²) in [5.74, 6) is 0.320. The molecule has 2 heterocycles. The van der Waals surface area contributed by atoms with Gasteiger partial charge in [0.15, 0.2) is 0 Å². The molecule has 1 aromatic heterocycles. The lowest BCUT2D eigenvalue weighted by Crippen LogP contribution is -2.41. The molecule has 0 saturated carbocycles. The Labute approximate surface area is 135 Å². The summed E-state index contributed by atoms with van der Waals surface area (Å²) >= 11 is 3.43. The van der Waals surface area contributed by atoms with Gasteiger partial charge in [0.2, 0.25) is 0 Å². The Kier molecular flexibility index (Phi) is 3.52. The second-order valence-electron chi connectivity index (χ2n) is 5.36. The van der Waals surface area contributed by atoms with Crippen LogP contribution < -0.4 is 5.32 Å². The maximum atomic E-state index is 12.8. The summed E-state index contributed by atoms with van der Waals surface area (Å²) in [7, 11) is 0. The highest BCUT2D eigenvalue weighted by atomic mass is 79.9. The van der Waals surface area contributed by atoms with Gasteiger partial charge in [-0.1, -0.05) is 39.3 Å². The fourth-order valence-electron chi connectivity index (χ4n) is 2.54. The Balaban J connectivity index is 1.92. The highest BCUT2D eigenvalue weighted by Crippen LogP contribution is 2.34. The Morgan fingerprint density at radius 1 is 1.36 bits per heavy atom. The fraction of sp³-hybridized carbons (Fsp3) is 0.267. The number of hydrogen-bond acceptors (Lipinski definition) is 4. The van der Waals surface area contributed by atoms with Gasteiger partial charge in [-0.2, -0.15) is 0 Å². The standard InChI is InChI=1S/C15H14BrN3O3/c1-9-7-10(18-22-9)8-19-13(20)15(2,17-14(19)21)11-5-3-4-6-12(11)16/h3-7H,8H2,1-2H3,(H,17,21). The van der Waals surface area contributed by atoms with Gasteiger partial charge in [-0.05, 0) is 19.9 Å². The predicted molar refractivity (Wildman–Crippen MR) is 81.8 cm³/mol. The third-order valence-corrected chi connectivity index (χ3v) is 4.38. The van der Waals surface area contributed by atoms with Crippen LogP contribution in [0.2, 0.25) is 0 Å². The number of nitrogens with one attached hydrogen (secondary N) is 1. The topological polar surface area (TPSA) is 75.4 Å². The second kappa shape index (κ2) is 5.24. The number of halogens is 1. The lowest BCUT2D eigenvalue weighted by Gasteiger charge is -2.23. The van der Waals surface area contributed by atoms with Crippen molar-refractivity contribution in [3.63, 3.8) is 0 Å². The van der Waals surface area contributed by atoms with Gasteiger partial charge in [0.1, 0.15) is 17.0 Å². The van der Waals surface area contributed by atoms with Crippen molar-refractivity contribution >= 4 is 27.9 Å². The van der Waals surface area contributed by atoms with Crippen molar-refractivity contribution in [3.05, 3.63) is 51.8 Å². The first-order chi connectivity index (χ1) is 10.4. The van der Waals surface area contributed by atoms with E-state index in [1.54, 1.807) is 19.9 Å². The lowest BCUT2D eigenvalue weighted by atomic mass is 9.92. The van der Waals surface area contributed by atoms with Crippen molar-refractivity contribution in [2.45, 2.75) is 25.9 Å². The summed E-state index contributed by atoms with van der Waals surface area (Å²) in [4.78, 5) is 26.1. The number of nitrogens with zero attached hydrogens (tertiary/aromatic N) is 2. The smallest absolute Gasteiger partial charge is 0.325 e. The number of rotatable bonds is 3. The number of urea groups is 1. The molecule has 0 bridgehead atoms. The largest absolute Gasteiger partial charge is 0.361 e. The normalized spacial score (nSPS) is 21.3. The highest BCUT2D eigenvalue weighted by molar-refractivity contribution is 9.10. The van der Waals surface area contributed by atoms with E-state index in [0.717, 1.165) is 9.37 Å². The molecular weight excluding hydrogens is 350 g/mol. The number of aryl methyl sites for hydroxylation is 1. The molecule has 1 saturated heterocycles. The third kappa shape index (κ3) is 2.31. The molecular formula is C15H14BrN3O3. The zero-order valence-electron chi connectivity index (χ0n) is 12.1. The van der Waals surface area contributed by atoms with Gasteiger partial charge in [-0.25, -0.2) is 4.79 Å². The third-order valence-electron chi connectivity index (χ3n) is 3.68. The second-order valence-corrected chi connectivity index (χ2v) is 6.21. The first kappa shape index (κ1) is 14.8. The molecule has 1 atom stereocenters. The highest BCUT2D eigenvalue weighted by Gasteiger charge is 2.49. The Morgan fingerprint density at radius 2 is 2.09 bits per heavy atom. The van der Waals surface area contributed by atoms with Crippen LogP contribution in [0.1, 0.15) is 23.9 Å². The molecule has 0 aliphatic carbocycles. The maximum absolute atomic E-state index is 12.8. The molecule has 3 amide bonds. The van der Waals surface area contributed by atoms with E-state index < -0.39 is 11.6 Å². The van der Waals surface area contributed by atoms with Gasteiger partial charge in [-0.3, -0.25) is 9.69 Å². The average molecular weight is 364 g/mol. The van der Waals surface area contributed by atoms with Crippen LogP contribution >= 0.6 is 15.9 Å². The number of carbonyl (C=O) groups excluding carboxylic acids is 2. The van der Waals surface area contributed by atoms with Crippen LogP contribution in [0.3, 0.4) is 0 Å². The molecule has 2 aromatic rings. The van der Waals surface area contributed by atoms with Gasteiger partial charge in [0.05, 0.1) is 6.54 Å². The molecule has 6 nitrogen and oxygen atoms in total. The van der Waals surface area contributed by atoms with Crippen LogP contribution in [0, 0.1) is 6.92 Å². The lowest BCUT2D eigenvalue weighted by molar-refractivity contribution is -0.131. The van der Waals surface area contributed by atoms with E-state index in [2.05, 4.69) is 26.4 Å². The van der Waals surface area contributed by atoms with Crippen LogP contribution in [0.4, 0.5) is 4.79 Å². The number of aromatic nitrogens is 1. The molecule has 1 fully saturated rings. The first-order valence-electron chi connectivity index (χ1n) is 6.73. The predicted octanol–water partition coefficient (Wildman–Crippen LogP) is 2.71. The van der Waals surface area contributed by atoms with Gasteiger partial charge in [-0.15, -0.1) is 0 Å². The van der Waals surface area contributed by atoms with Crippen LogP contribution in [0.25, 0.3) is 0 Å². The van der Waals surface area contributed by atoms with Crippen molar-refractivity contribution in [1.29, 1.82) is 0 Å². The van der Waals surface area contributed by atoms with E-state index in [-0.39, 0.29) is 12.5 Å². The summed E-state index contributed by atoms with van der Waals surface area (Å²) in [6.07, 6.45) is 0. The van der Waals surface area contributed by atoms with Crippen molar-refractivity contribution < 1.29 is 14.1 Å². The van der Waals surface area contributed by atoms with Crippen molar-refractivity contribution in [2.75, 3.05) is 0 Å². The monoisotopic (exact) mass is 363 g/mol. The zero-order valence-corrected chi connectivity index (χ0v) is 13.7. The molecule has 1 aliphatic heterocycles. The van der Waals surface area contributed by atoms with Crippen molar-refractivity contribution in [2.24, 2.45) is 0 Å². The summed E-state index contributed by atoms with van der Waals surface area (Å²) < 4.78 is 5.74. The minimum Gasteiger partial charge on any atom is -0.361 e. The van der Waals surface area contributed by atoms with E-state index in [4.69, 9.17) is 4.52 Å². The van der Waals surface area contributed by atoms with E-state index >= 15 is 0 Å².